The summed E-state index contributed by atoms with van der Waals surface area (Å²) < 4.78 is 16.0. The van der Waals surface area contributed by atoms with Gasteiger partial charge in [0.2, 0.25) is 17.6 Å². The zero-order valence-electron chi connectivity index (χ0n) is 14.8. The molecule has 3 rings (SSSR count). The van der Waals surface area contributed by atoms with Gasteiger partial charge in [-0.1, -0.05) is 0 Å². The Balaban J connectivity index is 2.04. The molecule has 1 saturated carbocycles. The average Bonchev–Trinajstić information content (AvgIpc) is 3.39. The fourth-order valence-corrected chi connectivity index (χ4v) is 3.53. The molecule has 8 nitrogen and oxygen atoms in total. The zero-order valence-corrected chi connectivity index (χ0v) is 14.8. The van der Waals surface area contributed by atoms with Gasteiger partial charge in [0.25, 0.3) is 0 Å². The standard InChI is InChI=1S/C17H20N2O6/c1-18-14(20)17(15(21)19(2)16(18)22)8-10(17)9-6-11(23-3)13(25-5)12(7-9)24-4/h6-7,10H,8H2,1-5H3. The van der Waals surface area contributed by atoms with Crippen LogP contribution in [0.15, 0.2) is 12.1 Å². The van der Waals surface area contributed by atoms with E-state index in [4.69, 9.17) is 14.2 Å². The number of methoxy groups -OCH3 is 3. The molecule has 0 aromatic heterocycles. The lowest BCUT2D eigenvalue weighted by atomic mass is 9.94. The maximum absolute atomic E-state index is 12.7. The molecule has 2 aliphatic rings. The smallest absolute Gasteiger partial charge is 0.332 e. The molecule has 1 unspecified atom stereocenters. The molecule has 25 heavy (non-hydrogen) atoms. The van der Waals surface area contributed by atoms with Crippen LogP contribution in [0.3, 0.4) is 0 Å². The Kier molecular flexibility index (Phi) is 3.85. The van der Waals surface area contributed by atoms with E-state index < -0.39 is 23.3 Å². The molecule has 1 spiro atoms. The van der Waals surface area contributed by atoms with Crippen LogP contribution in [0.2, 0.25) is 0 Å². The number of benzene rings is 1. The van der Waals surface area contributed by atoms with Gasteiger partial charge in [-0.3, -0.25) is 19.4 Å². The predicted octanol–water partition coefficient (Wildman–Crippen LogP) is 1.24. The van der Waals surface area contributed by atoms with E-state index in [0.717, 1.165) is 15.4 Å². The van der Waals surface area contributed by atoms with Gasteiger partial charge in [0, 0.05) is 20.0 Å². The maximum atomic E-state index is 12.7. The van der Waals surface area contributed by atoms with Crippen molar-refractivity contribution in [3.05, 3.63) is 17.7 Å². The number of hydrogen-bond donors (Lipinski definition) is 0. The lowest BCUT2D eigenvalue weighted by Gasteiger charge is -2.33. The molecule has 1 aliphatic carbocycles. The average molecular weight is 348 g/mol. The van der Waals surface area contributed by atoms with Crippen molar-refractivity contribution in [1.82, 2.24) is 9.80 Å². The summed E-state index contributed by atoms with van der Waals surface area (Å²) in [6.07, 6.45) is 0.339. The van der Waals surface area contributed by atoms with Crippen LogP contribution in [0, 0.1) is 5.41 Å². The number of imide groups is 2. The van der Waals surface area contributed by atoms with Crippen LogP contribution in [0.4, 0.5) is 4.79 Å². The normalized spacial score (nSPS) is 21.6. The van der Waals surface area contributed by atoms with Gasteiger partial charge in [0.05, 0.1) is 21.3 Å². The third-order valence-electron chi connectivity index (χ3n) is 5.00. The highest BCUT2D eigenvalue weighted by molar-refractivity contribution is 6.21. The van der Waals surface area contributed by atoms with Crippen LogP contribution in [0.1, 0.15) is 17.9 Å². The van der Waals surface area contributed by atoms with Gasteiger partial charge in [0.15, 0.2) is 11.5 Å². The molecule has 4 amide bonds. The summed E-state index contributed by atoms with van der Waals surface area (Å²) >= 11 is 0. The van der Waals surface area contributed by atoms with Crippen LogP contribution >= 0.6 is 0 Å². The number of rotatable bonds is 4. The summed E-state index contributed by atoms with van der Waals surface area (Å²) in [7, 11) is 7.28. The van der Waals surface area contributed by atoms with Gasteiger partial charge < -0.3 is 14.2 Å². The van der Waals surface area contributed by atoms with Gasteiger partial charge in [-0.2, -0.15) is 0 Å². The first-order chi connectivity index (χ1) is 11.8. The second-order valence-electron chi connectivity index (χ2n) is 6.20. The number of urea groups is 1. The second kappa shape index (κ2) is 5.65. The molecule has 134 valence electrons. The van der Waals surface area contributed by atoms with Crippen molar-refractivity contribution < 1.29 is 28.6 Å². The number of hydrogen-bond acceptors (Lipinski definition) is 6. The van der Waals surface area contributed by atoms with Crippen molar-refractivity contribution in [2.45, 2.75) is 12.3 Å². The highest BCUT2D eigenvalue weighted by Crippen LogP contribution is 2.63. The van der Waals surface area contributed by atoms with Gasteiger partial charge in [-0.25, -0.2) is 4.79 Å². The first-order valence-corrected chi connectivity index (χ1v) is 7.73. The molecule has 1 saturated heterocycles. The van der Waals surface area contributed by atoms with E-state index >= 15 is 0 Å². The number of carbonyl (C=O) groups is 3. The van der Waals surface area contributed by atoms with Crippen LogP contribution < -0.4 is 14.2 Å². The van der Waals surface area contributed by atoms with Crippen LogP contribution in [0.5, 0.6) is 17.2 Å². The van der Waals surface area contributed by atoms with Crippen LogP contribution in [-0.2, 0) is 9.59 Å². The highest BCUT2D eigenvalue weighted by atomic mass is 16.5. The van der Waals surface area contributed by atoms with Crippen LogP contribution in [0.25, 0.3) is 0 Å². The monoisotopic (exact) mass is 348 g/mol. The van der Waals surface area contributed by atoms with Crippen molar-refractivity contribution in [2.24, 2.45) is 5.41 Å². The first-order valence-electron chi connectivity index (χ1n) is 7.73. The third kappa shape index (κ3) is 2.16. The molecule has 1 aromatic carbocycles. The number of amides is 4. The quantitative estimate of drug-likeness (QED) is 0.761. The minimum absolute atomic E-state index is 0.339. The number of carbonyl (C=O) groups excluding carboxylic acids is 3. The van der Waals surface area contributed by atoms with E-state index in [1.54, 1.807) is 12.1 Å². The molecular weight excluding hydrogens is 328 g/mol. The van der Waals surface area contributed by atoms with Crippen LogP contribution in [-0.4, -0.2) is 63.1 Å². The van der Waals surface area contributed by atoms with Gasteiger partial charge in [0.1, 0.15) is 5.41 Å². The molecule has 1 aliphatic heterocycles. The van der Waals surface area contributed by atoms with Gasteiger partial charge in [-0.05, 0) is 24.1 Å². The van der Waals surface area contributed by atoms with Crippen molar-refractivity contribution in [3.8, 4) is 17.2 Å². The second-order valence-corrected chi connectivity index (χ2v) is 6.20. The predicted molar refractivity (Wildman–Crippen MR) is 86.8 cm³/mol. The zero-order chi connectivity index (χ0) is 18.5. The van der Waals surface area contributed by atoms with E-state index in [-0.39, 0.29) is 5.92 Å². The molecule has 1 aromatic rings. The number of barbiturate groups is 1. The summed E-state index contributed by atoms with van der Waals surface area (Å²) in [4.78, 5) is 39.3. The molecule has 0 bridgehead atoms. The summed E-state index contributed by atoms with van der Waals surface area (Å²) in [6, 6.07) is 2.85. The maximum Gasteiger partial charge on any atom is 0.332 e. The van der Waals surface area contributed by atoms with Crippen molar-refractivity contribution in [2.75, 3.05) is 35.4 Å². The topological polar surface area (TPSA) is 85.4 Å². The largest absolute Gasteiger partial charge is 0.493 e. The van der Waals surface area contributed by atoms with Gasteiger partial charge >= 0.3 is 6.03 Å². The van der Waals surface area contributed by atoms with E-state index in [1.807, 2.05) is 0 Å². The summed E-state index contributed by atoms with van der Waals surface area (Å²) in [6.45, 7) is 0. The van der Waals surface area contributed by atoms with E-state index in [0.29, 0.717) is 23.7 Å². The molecular formula is C17H20N2O6. The van der Waals surface area contributed by atoms with Crippen molar-refractivity contribution in [3.63, 3.8) is 0 Å². The lowest BCUT2D eigenvalue weighted by Crippen LogP contribution is -2.58. The Hall–Kier alpha value is -2.77. The minimum atomic E-state index is -1.23. The van der Waals surface area contributed by atoms with E-state index in [1.165, 1.54) is 35.4 Å². The molecule has 1 atom stereocenters. The lowest BCUT2D eigenvalue weighted by molar-refractivity contribution is -0.150. The van der Waals surface area contributed by atoms with E-state index in [9.17, 15) is 14.4 Å². The fourth-order valence-electron chi connectivity index (χ4n) is 3.53. The Morgan fingerprint density at radius 1 is 0.920 bits per heavy atom. The SMILES string of the molecule is COc1cc(C2CC23C(=O)N(C)C(=O)N(C)C3=O)cc(OC)c1OC. The first kappa shape index (κ1) is 17.1. The molecule has 0 N–H and O–H groups in total. The van der Waals surface area contributed by atoms with E-state index in [2.05, 4.69) is 0 Å². The number of ether oxygens (including phenoxy) is 3. The third-order valence-corrected chi connectivity index (χ3v) is 5.00. The Bertz CT molecular complexity index is 725. The molecule has 1 heterocycles. The fraction of sp³-hybridized carbons (Fsp3) is 0.471. The molecule has 2 fully saturated rings. The minimum Gasteiger partial charge on any atom is -0.493 e. The summed E-state index contributed by atoms with van der Waals surface area (Å²) in [5.74, 6) is 0.0480. The summed E-state index contributed by atoms with van der Waals surface area (Å²) in [5, 5.41) is 0. The van der Waals surface area contributed by atoms with Crippen molar-refractivity contribution in [1.29, 1.82) is 0 Å². The molecule has 0 radical (unpaired) electrons. The molecule has 8 heteroatoms. The highest BCUT2D eigenvalue weighted by Gasteiger charge is 2.71. The Morgan fingerprint density at radius 3 is 1.80 bits per heavy atom. The summed E-state index contributed by atoms with van der Waals surface area (Å²) in [5.41, 5.74) is -0.505. The van der Waals surface area contributed by atoms with Crippen molar-refractivity contribution >= 4 is 17.8 Å². The van der Waals surface area contributed by atoms with Gasteiger partial charge in [-0.15, -0.1) is 0 Å². The Morgan fingerprint density at radius 2 is 1.40 bits per heavy atom. The Labute approximate surface area is 145 Å². The number of nitrogens with zero attached hydrogens (tertiary/aromatic N) is 2.